The largest absolute Gasteiger partial charge is 0.381 e. The predicted molar refractivity (Wildman–Crippen MR) is 73.1 cm³/mol. The summed E-state index contributed by atoms with van der Waals surface area (Å²) in [6, 6.07) is 0. The van der Waals surface area contributed by atoms with E-state index in [-0.39, 0.29) is 5.54 Å². The highest BCUT2D eigenvalue weighted by atomic mass is 16.5. The Morgan fingerprint density at radius 1 is 1.35 bits per heavy atom. The molecule has 1 aliphatic rings. The smallest absolute Gasteiger partial charge is 0.0469 e. The molecule has 1 atom stereocenters. The topological polar surface area (TPSA) is 38.5 Å². The Morgan fingerprint density at radius 3 is 2.41 bits per heavy atom. The molecule has 1 heterocycles. The molecule has 0 radical (unpaired) electrons. The summed E-state index contributed by atoms with van der Waals surface area (Å²) in [5.74, 6) is 1.48. The van der Waals surface area contributed by atoms with E-state index in [4.69, 9.17) is 10.5 Å². The van der Waals surface area contributed by atoms with E-state index in [1.165, 1.54) is 19.3 Å². The van der Waals surface area contributed by atoms with Crippen LogP contribution in [0.2, 0.25) is 0 Å². The Labute approximate surface area is 107 Å². The first-order valence-corrected chi connectivity index (χ1v) is 6.97. The van der Waals surface area contributed by atoms with Gasteiger partial charge in [-0.25, -0.2) is 0 Å². The molecular weight excluding hydrogens is 212 g/mol. The summed E-state index contributed by atoms with van der Waals surface area (Å²) in [6.45, 7) is 10.6. The Morgan fingerprint density at radius 2 is 1.94 bits per heavy atom. The van der Waals surface area contributed by atoms with E-state index in [2.05, 4.69) is 32.7 Å². The fourth-order valence-electron chi connectivity index (χ4n) is 2.81. The van der Waals surface area contributed by atoms with Crippen LogP contribution in [0.1, 0.15) is 40.0 Å². The Bertz CT molecular complexity index is 214. The Hall–Kier alpha value is -0.120. The molecule has 0 spiro atoms. The van der Waals surface area contributed by atoms with Gasteiger partial charge in [-0.15, -0.1) is 0 Å². The van der Waals surface area contributed by atoms with Crippen LogP contribution in [-0.4, -0.2) is 43.8 Å². The van der Waals surface area contributed by atoms with E-state index in [9.17, 15) is 0 Å². The van der Waals surface area contributed by atoms with Crippen LogP contribution in [0, 0.1) is 11.8 Å². The van der Waals surface area contributed by atoms with Gasteiger partial charge in [0.05, 0.1) is 0 Å². The van der Waals surface area contributed by atoms with Crippen molar-refractivity contribution in [3.8, 4) is 0 Å². The lowest BCUT2D eigenvalue weighted by Gasteiger charge is -2.41. The fraction of sp³-hybridized carbons (Fsp3) is 1.00. The number of nitrogens with two attached hydrogens (primary N) is 1. The molecule has 1 saturated heterocycles. The number of rotatable bonds is 6. The van der Waals surface area contributed by atoms with Crippen molar-refractivity contribution in [1.82, 2.24) is 4.90 Å². The molecule has 102 valence electrons. The van der Waals surface area contributed by atoms with Crippen LogP contribution in [0.5, 0.6) is 0 Å². The lowest BCUT2D eigenvalue weighted by Crippen LogP contribution is -2.52. The van der Waals surface area contributed by atoms with Crippen molar-refractivity contribution in [1.29, 1.82) is 0 Å². The minimum absolute atomic E-state index is 0.145. The number of likely N-dealkylation sites (N-methyl/N-ethyl adjacent to an activating group) is 1. The maximum absolute atomic E-state index is 5.99. The van der Waals surface area contributed by atoms with Crippen LogP contribution in [0.15, 0.2) is 0 Å². The van der Waals surface area contributed by atoms with Crippen molar-refractivity contribution in [2.75, 3.05) is 33.4 Å². The summed E-state index contributed by atoms with van der Waals surface area (Å²) in [7, 11) is 2.23. The van der Waals surface area contributed by atoms with Crippen molar-refractivity contribution in [3.63, 3.8) is 0 Å². The monoisotopic (exact) mass is 242 g/mol. The zero-order chi connectivity index (χ0) is 12.9. The molecule has 17 heavy (non-hydrogen) atoms. The second-order valence-electron chi connectivity index (χ2n) is 6.24. The Kier molecular flexibility index (Phi) is 5.90. The third-order valence-corrected chi connectivity index (χ3v) is 4.08. The van der Waals surface area contributed by atoms with E-state index < -0.39 is 0 Å². The molecule has 0 amide bonds. The van der Waals surface area contributed by atoms with Crippen LogP contribution in [0.4, 0.5) is 0 Å². The van der Waals surface area contributed by atoms with Gasteiger partial charge < -0.3 is 10.5 Å². The van der Waals surface area contributed by atoms with Crippen molar-refractivity contribution in [2.45, 2.75) is 45.6 Å². The van der Waals surface area contributed by atoms with Gasteiger partial charge in [0, 0.05) is 31.8 Å². The fourth-order valence-corrected chi connectivity index (χ4v) is 2.81. The maximum Gasteiger partial charge on any atom is 0.0469 e. The molecule has 1 unspecified atom stereocenters. The highest BCUT2D eigenvalue weighted by molar-refractivity contribution is 4.87. The first kappa shape index (κ1) is 14.9. The van der Waals surface area contributed by atoms with E-state index in [0.29, 0.717) is 5.92 Å². The van der Waals surface area contributed by atoms with E-state index in [1.807, 2.05) is 0 Å². The second-order valence-corrected chi connectivity index (χ2v) is 6.24. The van der Waals surface area contributed by atoms with Crippen LogP contribution >= 0.6 is 0 Å². The third-order valence-electron chi connectivity index (χ3n) is 4.08. The molecule has 2 N–H and O–H groups in total. The number of hydrogen-bond acceptors (Lipinski definition) is 3. The van der Waals surface area contributed by atoms with Gasteiger partial charge in [0.15, 0.2) is 0 Å². The molecule has 1 rings (SSSR count). The standard InChI is InChI=1S/C14H30N2O/c1-12(2)9-14(3,11-15)16(4)10-13-5-7-17-8-6-13/h12-13H,5-11,15H2,1-4H3. The molecule has 3 nitrogen and oxygen atoms in total. The van der Waals surface area contributed by atoms with Gasteiger partial charge in [-0.05, 0) is 45.1 Å². The minimum Gasteiger partial charge on any atom is -0.381 e. The van der Waals surface area contributed by atoms with E-state index in [0.717, 1.165) is 32.2 Å². The van der Waals surface area contributed by atoms with E-state index in [1.54, 1.807) is 0 Å². The number of ether oxygens (including phenoxy) is 1. The van der Waals surface area contributed by atoms with Gasteiger partial charge in [-0.1, -0.05) is 13.8 Å². The average molecular weight is 242 g/mol. The van der Waals surface area contributed by atoms with Crippen molar-refractivity contribution >= 4 is 0 Å². The van der Waals surface area contributed by atoms with Gasteiger partial charge >= 0.3 is 0 Å². The van der Waals surface area contributed by atoms with Crippen LogP contribution in [0.3, 0.4) is 0 Å². The highest BCUT2D eigenvalue weighted by Gasteiger charge is 2.30. The molecule has 1 fully saturated rings. The van der Waals surface area contributed by atoms with Crippen LogP contribution in [0.25, 0.3) is 0 Å². The van der Waals surface area contributed by atoms with Crippen LogP contribution < -0.4 is 5.73 Å². The second kappa shape index (κ2) is 6.72. The molecule has 0 aromatic rings. The van der Waals surface area contributed by atoms with Gasteiger partial charge in [0.1, 0.15) is 0 Å². The summed E-state index contributed by atoms with van der Waals surface area (Å²) < 4.78 is 5.41. The average Bonchev–Trinajstić information content (AvgIpc) is 2.29. The van der Waals surface area contributed by atoms with Gasteiger partial charge in [0.25, 0.3) is 0 Å². The lowest BCUT2D eigenvalue weighted by atomic mass is 9.87. The summed E-state index contributed by atoms with van der Waals surface area (Å²) in [5.41, 5.74) is 6.14. The molecule has 0 saturated carbocycles. The van der Waals surface area contributed by atoms with Crippen molar-refractivity contribution in [3.05, 3.63) is 0 Å². The highest BCUT2D eigenvalue weighted by Crippen LogP contribution is 2.25. The Balaban J connectivity index is 2.49. The van der Waals surface area contributed by atoms with Gasteiger partial charge in [-0.3, -0.25) is 4.90 Å². The molecule has 0 aromatic carbocycles. The number of hydrogen-bond donors (Lipinski definition) is 1. The van der Waals surface area contributed by atoms with Crippen molar-refractivity contribution in [2.24, 2.45) is 17.6 Å². The lowest BCUT2D eigenvalue weighted by molar-refractivity contribution is 0.0332. The SMILES string of the molecule is CC(C)CC(C)(CN)N(C)CC1CCOCC1. The van der Waals surface area contributed by atoms with Crippen molar-refractivity contribution < 1.29 is 4.74 Å². The molecular formula is C14H30N2O. The zero-order valence-electron chi connectivity index (χ0n) is 12.0. The predicted octanol–water partition coefficient (Wildman–Crippen LogP) is 2.11. The normalized spacial score (nSPS) is 22.1. The summed E-state index contributed by atoms with van der Waals surface area (Å²) >= 11 is 0. The summed E-state index contributed by atoms with van der Waals surface area (Å²) in [4.78, 5) is 2.48. The molecule has 0 bridgehead atoms. The molecule has 1 aliphatic heterocycles. The number of nitrogens with zero attached hydrogens (tertiary/aromatic N) is 1. The minimum atomic E-state index is 0.145. The molecule has 3 heteroatoms. The summed E-state index contributed by atoms with van der Waals surface area (Å²) in [6.07, 6.45) is 3.57. The first-order chi connectivity index (χ1) is 7.98. The van der Waals surface area contributed by atoms with Gasteiger partial charge in [-0.2, -0.15) is 0 Å². The molecule has 0 aliphatic carbocycles. The van der Waals surface area contributed by atoms with Crippen LogP contribution in [-0.2, 0) is 4.74 Å². The third kappa shape index (κ3) is 4.57. The maximum atomic E-state index is 5.99. The quantitative estimate of drug-likeness (QED) is 0.775. The van der Waals surface area contributed by atoms with Gasteiger partial charge in [0.2, 0.25) is 0 Å². The zero-order valence-corrected chi connectivity index (χ0v) is 12.0. The summed E-state index contributed by atoms with van der Waals surface area (Å²) in [5, 5.41) is 0. The van der Waals surface area contributed by atoms with E-state index >= 15 is 0 Å². The molecule has 0 aromatic heterocycles. The first-order valence-electron chi connectivity index (χ1n) is 6.97.